The second-order valence-corrected chi connectivity index (χ2v) is 6.23. The highest BCUT2D eigenvalue weighted by Gasteiger charge is 2.63. The molecule has 0 aromatic heterocycles. The number of likely N-dealkylation sites (tertiary alicyclic amines) is 1. The molecule has 22 heavy (non-hydrogen) atoms. The molecule has 0 saturated carbocycles. The second kappa shape index (κ2) is 4.29. The Morgan fingerprint density at radius 2 is 1.86 bits per heavy atom. The standard InChI is InChI=1S/C17H16N2O3/c1-9-4-3-5-10(6-9)11-7-12-14-15(13(8-20)19(11)12)17(22)18(2)16(14)21/h3-8,12-15H,1-2H3/t12-,13+,14?,15?/m0/s1. The van der Waals surface area contributed by atoms with E-state index < -0.39 is 17.9 Å². The molecule has 2 fully saturated rings. The molecular weight excluding hydrogens is 280 g/mol. The molecule has 2 unspecified atom stereocenters. The highest BCUT2D eigenvalue weighted by molar-refractivity contribution is 6.08. The average Bonchev–Trinajstić information content (AvgIpc) is 2.84. The van der Waals surface area contributed by atoms with Crippen LogP contribution in [0, 0.1) is 18.8 Å². The van der Waals surface area contributed by atoms with E-state index in [-0.39, 0.29) is 17.9 Å². The van der Waals surface area contributed by atoms with E-state index in [4.69, 9.17) is 0 Å². The summed E-state index contributed by atoms with van der Waals surface area (Å²) in [5.74, 6) is -1.37. The minimum atomic E-state index is -0.545. The number of carbonyl (C=O) groups is 3. The van der Waals surface area contributed by atoms with Crippen molar-refractivity contribution in [1.82, 2.24) is 9.80 Å². The van der Waals surface area contributed by atoms with Gasteiger partial charge in [-0.1, -0.05) is 23.8 Å². The van der Waals surface area contributed by atoms with E-state index in [1.165, 1.54) is 11.9 Å². The molecule has 5 heteroatoms. The molecule has 0 spiro atoms. The number of nitrogens with zero attached hydrogens (tertiary/aromatic N) is 2. The van der Waals surface area contributed by atoms with E-state index in [2.05, 4.69) is 0 Å². The van der Waals surface area contributed by atoms with Crippen LogP contribution in [0.4, 0.5) is 0 Å². The van der Waals surface area contributed by atoms with E-state index in [0.29, 0.717) is 0 Å². The Hall–Kier alpha value is -2.43. The molecule has 4 rings (SSSR count). The first-order valence-corrected chi connectivity index (χ1v) is 7.38. The summed E-state index contributed by atoms with van der Waals surface area (Å²) in [5.41, 5.74) is 3.11. The van der Waals surface area contributed by atoms with E-state index in [1.807, 2.05) is 42.2 Å². The van der Waals surface area contributed by atoms with Crippen molar-refractivity contribution in [3.05, 3.63) is 41.5 Å². The molecule has 5 nitrogen and oxygen atoms in total. The van der Waals surface area contributed by atoms with E-state index in [0.717, 1.165) is 23.1 Å². The van der Waals surface area contributed by atoms with Crippen molar-refractivity contribution in [1.29, 1.82) is 0 Å². The maximum absolute atomic E-state index is 12.3. The van der Waals surface area contributed by atoms with Crippen LogP contribution in [0.25, 0.3) is 5.70 Å². The number of carbonyl (C=O) groups excluding carboxylic acids is 3. The van der Waals surface area contributed by atoms with Crippen LogP contribution in [-0.2, 0) is 14.4 Å². The van der Waals surface area contributed by atoms with Crippen LogP contribution in [0.2, 0.25) is 0 Å². The Morgan fingerprint density at radius 3 is 2.55 bits per heavy atom. The Kier molecular flexibility index (Phi) is 2.58. The highest BCUT2D eigenvalue weighted by Crippen LogP contribution is 2.50. The third-order valence-electron chi connectivity index (χ3n) is 5.06. The number of amides is 2. The summed E-state index contributed by atoms with van der Waals surface area (Å²) in [6, 6.07) is 7.33. The van der Waals surface area contributed by atoms with Gasteiger partial charge in [-0.3, -0.25) is 14.5 Å². The van der Waals surface area contributed by atoms with Gasteiger partial charge in [0.25, 0.3) is 0 Å². The van der Waals surface area contributed by atoms with E-state index >= 15 is 0 Å². The summed E-state index contributed by atoms with van der Waals surface area (Å²) in [4.78, 5) is 39.3. The highest BCUT2D eigenvalue weighted by atomic mass is 16.2. The number of aryl methyl sites for hydroxylation is 1. The van der Waals surface area contributed by atoms with Crippen LogP contribution in [0.5, 0.6) is 0 Å². The number of aldehydes is 1. The Labute approximate surface area is 128 Å². The molecule has 3 aliphatic heterocycles. The van der Waals surface area contributed by atoms with Crippen LogP contribution < -0.4 is 0 Å². The van der Waals surface area contributed by atoms with Gasteiger partial charge in [-0.2, -0.15) is 0 Å². The zero-order valence-corrected chi connectivity index (χ0v) is 12.4. The SMILES string of the molecule is Cc1cccc(C2=C[C@H]3C4C(=O)N(C)C(=O)C4[C@@H](C=O)N23)c1. The molecular formula is C17H16N2O3. The molecule has 0 N–H and O–H groups in total. The van der Waals surface area contributed by atoms with E-state index in [1.54, 1.807) is 0 Å². The quantitative estimate of drug-likeness (QED) is 0.599. The lowest BCUT2D eigenvalue weighted by Gasteiger charge is -2.41. The largest absolute Gasteiger partial charge is 0.353 e. The fourth-order valence-electron chi connectivity index (χ4n) is 4.00. The molecule has 0 bridgehead atoms. The van der Waals surface area contributed by atoms with Gasteiger partial charge in [0.05, 0.1) is 23.9 Å². The molecule has 2 amide bonds. The van der Waals surface area contributed by atoms with Crippen molar-refractivity contribution >= 4 is 23.8 Å². The summed E-state index contributed by atoms with van der Waals surface area (Å²) in [6.45, 7) is 2.01. The summed E-state index contributed by atoms with van der Waals surface area (Å²) in [6.07, 6.45) is 2.82. The molecule has 4 atom stereocenters. The number of imide groups is 1. The third-order valence-corrected chi connectivity index (χ3v) is 5.06. The first-order chi connectivity index (χ1) is 10.5. The van der Waals surface area contributed by atoms with Gasteiger partial charge in [0, 0.05) is 12.7 Å². The summed E-state index contributed by atoms with van der Waals surface area (Å²) in [5, 5.41) is 0. The van der Waals surface area contributed by atoms with Gasteiger partial charge in [0.1, 0.15) is 6.29 Å². The van der Waals surface area contributed by atoms with Crippen molar-refractivity contribution in [3.8, 4) is 0 Å². The number of benzene rings is 1. The first kappa shape index (κ1) is 13.2. The van der Waals surface area contributed by atoms with Crippen LogP contribution in [0.15, 0.2) is 30.3 Å². The summed E-state index contributed by atoms with van der Waals surface area (Å²) >= 11 is 0. The normalized spacial score (nSPS) is 32.5. The van der Waals surface area contributed by atoms with Crippen molar-refractivity contribution in [2.24, 2.45) is 11.8 Å². The van der Waals surface area contributed by atoms with Gasteiger partial charge in [-0.05, 0) is 24.6 Å². The molecule has 1 aromatic rings. The second-order valence-electron chi connectivity index (χ2n) is 6.23. The monoisotopic (exact) mass is 296 g/mol. The van der Waals surface area contributed by atoms with Crippen molar-refractivity contribution in [3.63, 3.8) is 0 Å². The number of hydrogen-bond donors (Lipinski definition) is 0. The predicted octanol–water partition coefficient (Wildman–Crippen LogP) is 0.832. The van der Waals surface area contributed by atoms with Crippen molar-refractivity contribution in [2.75, 3.05) is 7.05 Å². The van der Waals surface area contributed by atoms with Gasteiger partial charge in [0.15, 0.2) is 0 Å². The lowest BCUT2D eigenvalue weighted by atomic mass is 9.88. The molecule has 1 aromatic carbocycles. The van der Waals surface area contributed by atoms with Gasteiger partial charge in [-0.25, -0.2) is 0 Å². The number of hydrogen-bond acceptors (Lipinski definition) is 4. The topological polar surface area (TPSA) is 57.7 Å². The van der Waals surface area contributed by atoms with Crippen LogP contribution in [0.1, 0.15) is 11.1 Å². The summed E-state index contributed by atoms with van der Waals surface area (Å²) < 4.78 is 0. The maximum atomic E-state index is 12.3. The molecule has 112 valence electrons. The minimum Gasteiger partial charge on any atom is -0.353 e. The average molecular weight is 296 g/mol. The van der Waals surface area contributed by atoms with Gasteiger partial charge in [-0.15, -0.1) is 0 Å². The van der Waals surface area contributed by atoms with Crippen molar-refractivity contribution in [2.45, 2.75) is 19.0 Å². The summed E-state index contributed by atoms with van der Waals surface area (Å²) in [7, 11) is 1.50. The Morgan fingerprint density at radius 1 is 1.14 bits per heavy atom. The third kappa shape index (κ3) is 1.46. The minimum absolute atomic E-state index is 0.142. The fraction of sp³-hybridized carbons (Fsp3) is 0.353. The fourth-order valence-corrected chi connectivity index (χ4v) is 4.00. The Bertz CT molecular complexity index is 739. The van der Waals surface area contributed by atoms with Crippen molar-refractivity contribution < 1.29 is 14.4 Å². The maximum Gasteiger partial charge on any atom is 0.235 e. The smallest absolute Gasteiger partial charge is 0.235 e. The van der Waals surface area contributed by atoms with Crippen LogP contribution in [-0.4, -0.2) is 47.0 Å². The lowest BCUT2D eigenvalue weighted by Crippen LogP contribution is -2.47. The predicted molar refractivity (Wildman–Crippen MR) is 79.4 cm³/mol. The first-order valence-electron chi connectivity index (χ1n) is 7.38. The van der Waals surface area contributed by atoms with E-state index in [9.17, 15) is 14.4 Å². The Balaban J connectivity index is 1.76. The molecule has 3 heterocycles. The zero-order valence-electron chi connectivity index (χ0n) is 12.4. The molecule has 2 saturated heterocycles. The van der Waals surface area contributed by atoms with Crippen LogP contribution >= 0.6 is 0 Å². The molecule has 3 aliphatic rings. The van der Waals surface area contributed by atoms with Gasteiger partial charge < -0.3 is 9.69 Å². The molecule has 0 radical (unpaired) electrons. The molecule has 0 aliphatic carbocycles. The number of fused-ring (bicyclic) bond motifs is 3. The number of rotatable bonds is 2. The van der Waals surface area contributed by atoms with Crippen LogP contribution in [0.3, 0.4) is 0 Å². The lowest BCUT2D eigenvalue weighted by molar-refractivity contribution is -0.140. The van der Waals surface area contributed by atoms with Gasteiger partial charge in [0.2, 0.25) is 11.8 Å². The zero-order chi connectivity index (χ0) is 15.6. The van der Waals surface area contributed by atoms with Gasteiger partial charge >= 0.3 is 0 Å².